The van der Waals surface area contributed by atoms with Crippen LogP contribution in [-0.4, -0.2) is 9.97 Å². The first-order chi connectivity index (χ1) is 7.43. The highest BCUT2D eigenvalue weighted by Gasteiger charge is 2.17. The fraction of sp³-hybridized carbons (Fsp3) is 0. The van der Waals surface area contributed by atoms with Gasteiger partial charge in [-0.25, -0.2) is 9.97 Å². The summed E-state index contributed by atoms with van der Waals surface area (Å²) in [5, 5.41) is 0.908. The van der Waals surface area contributed by atoms with Crippen molar-refractivity contribution in [1.82, 2.24) is 9.97 Å². The van der Waals surface area contributed by atoms with Gasteiger partial charge in [-0.3, -0.25) is 0 Å². The van der Waals surface area contributed by atoms with Crippen LogP contribution in [-0.2, 0) is 0 Å². The van der Waals surface area contributed by atoms with Crippen LogP contribution in [0, 0.1) is 0 Å². The van der Waals surface area contributed by atoms with Crippen molar-refractivity contribution in [2.45, 2.75) is 0 Å². The van der Waals surface area contributed by atoms with Crippen LogP contribution in [0.2, 0.25) is 0 Å². The number of benzene rings is 1. The molecule has 1 aromatic carbocycles. The van der Waals surface area contributed by atoms with E-state index in [2.05, 4.69) is 106 Å². The molecule has 0 aliphatic heterocycles. The summed E-state index contributed by atoms with van der Waals surface area (Å²) in [5.74, 6) is 0. The molecule has 16 heavy (non-hydrogen) atoms. The predicted octanol–water partition coefficient (Wildman–Crippen LogP) is 6.20. The molecule has 0 aliphatic rings. The third-order valence-electron chi connectivity index (χ3n) is 1.84. The summed E-state index contributed by atoms with van der Waals surface area (Å²) in [5.41, 5.74) is 0.815. The second kappa shape index (κ2) is 5.21. The number of hydrogen-bond acceptors (Lipinski definition) is 2. The van der Waals surface area contributed by atoms with Crippen molar-refractivity contribution < 1.29 is 0 Å². The van der Waals surface area contributed by atoms with E-state index in [4.69, 9.17) is 0 Å². The lowest BCUT2D eigenvalue weighted by Crippen LogP contribution is -1.91. The van der Waals surface area contributed by atoms with E-state index in [0.29, 0.717) is 4.73 Å². The second-order valence-electron chi connectivity index (χ2n) is 2.76. The van der Waals surface area contributed by atoms with Crippen molar-refractivity contribution in [3.05, 3.63) is 27.2 Å². The van der Waals surface area contributed by atoms with Gasteiger partial charge in [-0.15, -0.1) is 0 Å². The molecule has 0 unspecified atom stereocenters. The summed E-state index contributed by atoms with van der Waals surface area (Å²) in [6, 6.07) is 0. The van der Waals surface area contributed by atoms with E-state index in [9.17, 15) is 0 Å². The quantitative estimate of drug-likeness (QED) is 0.155. The fourth-order valence-corrected chi connectivity index (χ4v) is 4.95. The van der Waals surface area contributed by atoms with Gasteiger partial charge in [0.1, 0.15) is 4.60 Å². The lowest BCUT2D eigenvalue weighted by molar-refractivity contribution is 1.13. The summed E-state index contributed by atoms with van der Waals surface area (Å²) in [7, 11) is 0. The predicted molar refractivity (Wildman–Crippen MR) is 85.7 cm³/mol. The molecule has 2 rings (SSSR count). The Hall–Kier alpha value is 1.44. The van der Waals surface area contributed by atoms with Crippen LogP contribution in [0.1, 0.15) is 0 Å². The molecule has 0 spiro atoms. The van der Waals surface area contributed by atoms with Gasteiger partial charge in [-0.2, -0.15) is 0 Å². The maximum atomic E-state index is 4.35. The Morgan fingerprint density at radius 3 is 1.81 bits per heavy atom. The van der Waals surface area contributed by atoms with E-state index in [1.807, 2.05) is 0 Å². The third-order valence-corrected chi connectivity index (χ3v) is 7.52. The van der Waals surface area contributed by atoms with E-state index < -0.39 is 0 Å². The fourth-order valence-electron chi connectivity index (χ4n) is 1.17. The number of fused-ring (bicyclic) bond motifs is 1. The summed E-state index contributed by atoms with van der Waals surface area (Å²) >= 11 is 20.7. The highest BCUT2D eigenvalue weighted by molar-refractivity contribution is 9.15. The van der Waals surface area contributed by atoms with Crippen LogP contribution >= 0.6 is 95.6 Å². The molecule has 0 atom stereocenters. The molecule has 0 fully saturated rings. The third kappa shape index (κ3) is 2.30. The molecule has 0 aliphatic carbocycles. The first-order valence-corrected chi connectivity index (χ1v) is 8.54. The van der Waals surface area contributed by atoms with E-state index in [-0.39, 0.29) is 0 Å². The Bertz CT molecular complexity index is 597. The number of hydrogen-bond donors (Lipinski definition) is 0. The lowest BCUT2D eigenvalue weighted by atomic mass is 10.2. The van der Waals surface area contributed by atoms with Crippen LogP contribution in [0.5, 0.6) is 0 Å². The molecule has 2 nitrogen and oxygen atoms in total. The monoisotopic (exact) mass is 598 g/mol. The lowest BCUT2D eigenvalue weighted by Gasteiger charge is -2.09. The van der Waals surface area contributed by atoms with Gasteiger partial charge in [0.15, 0.2) is 4.73 Å². The molecule has 0 bridgehead atoms. The van der Waals surface area contributed by atoms with Crippen LogP contribution < -0.4 is 0 Å². The van der Waals surface area contributed by atoms with Crippen molar-refractivity contribution in [2.75, 3.05) is 0 Å². The van der Waals surface area contributed by atoms with E-state index in [0.717, 1.165) is 33.4 Å². The summed E-state index contributed by atoms with van der Waals surface area (Å²) in [6.45, 7) is 0. The Balaban J connectivity index is 3.08. The average molecular weight is 604 g/mol. The molecule has 0 N–H and O–H groups in total. The van der Waals surface area contributed by atoms with Gasteiger partial charge in [-0.1, -0.05) is 0 Å². The molecule has 0 radical (unpaired) electrons. The normalized spacial score (nSPS) is 11.1. The minimum atomic E-state index is 0.536. The van der Waals surface area contributed by atoms with E-state index in [1.54, 1.807) is 0 Å². The molecule has 8 heteroatoms. The van der Waals surface area contributed by atoms with Crippen molar-refractivity contribution >= 4 is 106 Å². The Kier molecular flexibility index (Phi) is 4.51. The molecule has 1 heterocycles. The van der Waals surface area contributed by atoms with Crippen LogP contribution in [0.15, 0.2) is 27.2 Å². The standard InChI is InChI=1S/C8Br6N2/c9-2-1-6(5(12)4(11)3(2)10)15-8(14)16-7(1)13. The number of nitrogens with zero attached hydrogens (tertiary/aromatic N) is 2. The number of halogens is 6. The zero-order valence-electron chi connectivity index (χ0n) is 7.16. The summed E-state index contributed by atoms with van der Waals surface area (Å²) in [4.78, 5) is 8.56. The second-order valence-corrected chi connectivity index (χ2v) is 7.40. The van der Waals surface area contributed by atoms with Gasteiger partial charge in [0.05, 0.1) is 9.99 Å². The van der Waals surface area contributed by atoms with Crippen molar-refractivity contribution in [2.24, 2.45) is 0 Å². The first kappa shape index (κ1) is 13.9. The summed E-state index contributed by atoms with van der Waals surface area (Å²) in [6.07, 6.45) is 0. The maximum absolute atomic E-state index is 4.35. The van der Waals surface area contributed by atoms with Crippen molar-refractivity contribution in [3.63, 3.8) is 0 Å². The number of aromatic nitrogens is 2. The smallest absolute Gasteiger partial charge is 0.198 e. The van der Waals surface area contributed by atoms with Gasteiger partial charge in [-0.05, 0) is 95.6 Å². The highest BCUT2D eigenvalue weighted by atomic mass is 79.9. The molecule has 0 saturated heterocycles. The maximum Gasteiger partial charge on any atom is 0.198 e. The summed E-state index contributed by atoms with van der Waals surface area (Å²) < 4.78 is 4.86. The van der Waals surface area contributed by atoms with Gasteiger partial charge in [0.25, 0.3) is 0 Å². The Morgan fingerprint density at radius 1 is 0.625 bits per heavy atom. The van der Waals surface area contributed by atoms with Gasteiger partial charge >= 0.3 is 0 Å². The zero-order chi connectivity index (χ0) is 12.0. The number of rotatable bonds is 0. The largest absolute Gasteiger partial charge is 0.221 e. The molecule has 84 valence electrons. The molecular weight excluding hydrogens is 604 g/mol. The Morgan fingerprint density at radius 2 is 1.19 bits per heavy atom. The van der Waals surface area contributed by atoms with Crippen molar-refractivity contribution in [3.8, 4) is 0 Å². The molecule has 1 aromatic heterocycles. The SMILES string of the molecule is Brc1nc(Br)c2c(Br)c(Br)c(Br)c(Br)c2n1. The Labute approximate surface area is 142 Å². The van der Waals surface area contributed by atoms with E-state index in [1.165, 1.54) is 0 Å². The van der Waals surface area contributed by atoms with Gasteiger partial charge in [0, 0.05) is 18.8 Å². The minimum absolute atomic E-state index is 0.536. The topological polar surface area (TPSA) is 25.8 Å². The van der Waals surface area contributed by atoms with Crippen LogP contribution in [0.25, 0.3) is 10.9 Å². The first-order valence-electron chi connectivity index (χ1n) is 3.78. The highest BCUT2D eigenvalue weighted by Crippen LogP contribution is 2.44. The average Bonchev–Trinajstić information content (AvgIpc) is 2.22. The molecule has 0 saturated carbocycles. The van der Waals surface area contributed by atoms with Crippen LogP contribution in [0.3, 0.4) is 0 Å². The van der Waals surface area contributed by atoms with Gasteiger partial charge < -0.3 is 0 Å². The molecular formula is C8Br6N2. The minimum Gasteiger partial charge on any atom is -0.221 e. The van der Waals surface area contributed by atoms with E-state index >= 15 is 0 Å². The zero-order valence-corrected chi connectivity index (χ0v) is 16.7. The van der Waals surface area contributed by atoms with Gasteiger partial charge in [0.2, 0.25) is 0 Å². The molecule has 2 aromatic rings. The van der Waals surface area contributed by atoms with Crippen LogP contribution in [0.4, 0.5) is 0 Å². The molecule has 0 amide bonds. The van der Waals surface area contributed by atoms with Crippen molar-refractivity contribution in [1.29, 1.82) is 0 Å².